The van der Waals surface area contributed by atoms with Crippen molar-refractivity contribution in [3.05, 3.63) is 0 Å². The van der Waals surface area contributed by atoms with Crippen molar-refractivity contribution in [2.75, 3.05) is 13.2 Å². The van der Waals surface area contributed by atoms with Crippen LogP contribution in [-0.4, -0.2) is 88.3 Å². The maximum absolute atomic E-state index is 12.5. The Balaban J connectivity index is 5.09. The number of carbonyl (C=O) groups excluding carboxylic acids is 3. The van der Waals surface area contributed by atoms with Gasteiger partial charge in [0.05, 0.1) is 12.6 Å². The molecule has 4 unspecified atom stereocenters. The van der Waals surface area contributed by atoms with Crippen LogP contribution in [0.25, 0.3) is 0 Å². The van der Waals surface area contributed by atoms with Crippen LogP contribution >= 0.6 is 0 Å². The average Bonchev–Trinajstić information content (AvgIpc) is 2.71. The highest BCUT2D eigenvalue weighted by atomic mass is 16.4. The van der Waals surface area contributed by atoms with E-state index in [0.717, 1.165) is 0 Å². The lowest BCUT2D eigenvalue weighted by atomic mass is 10.1. The quantitative estimate of drug-likeness (QED) is 0.0640. The molecule has 0 rings (SSSR count). The highest BCUT2D eigenvalue weighted by Gasteiger charge is 2.29. The van der Waals surface area contributed by atoms with Gasteiger partial charge in [-0.3, -0.25) is 29.0 Å². The minimum Gasteiger partial charge on any atom is -0.481 e. The van der Waals surface area contributed by atoms with Crippen molar-refractivity contribution in [1.29, 1.82) is 0 Å². The van der Waals surface area contributed by atoms with Crippen molar-refractivity contribution in [1.82, 2.24) is 16.0 Å². The molecule has 0 aromatic heterocycles. The van der Waals surface area contributed by atoms with Crippen molar-refractivity contribution in [2.24, 2.45) is 22.2 Å². The van der Waals surface area contributed by atoms with Gasteiger partial charge in [-0.1, -0.05) is 0 Å². The van der Waals surface area contributed by atoms with E-state index in [1.165, 1.54) is 6.92 Å². The zero-order valence-electron chi connectivity index (χ0n) is 17.6. The van der Waals surface area contributed by atoms with Crippen molar-refractivity contribution in [3.63, 3.8) is 0 Å². The van der Waals surface area contributed by atoms with Crippen LogP contribution in [0.5, 0.6) is 0 Å². The second-order valence-electron chi connectivity index (χ2n) is 6.86. The molecule has 0 aromatic rings. The summed E-state index contributed by atoms with van der Waals surface area (Å²) in [5, 5.41) is 33.6. The van der Waals surface area contributed by atoms with E-state index in [-0.39, 0.29) is 25.3 Å². The van der Waals surface area contributed by atoms with Gasteiger partial charge in [0, 0.05) is 13.0 Å². The standard InChI is InChI=1S/C17H31N7O8/c1-8(16(31)32)22-15(30)11(7-25)24-14(29)10(4-5-12(26)27)23-13(28)9(18)3-2-6-21-17(19)20/h8-11,25H,2-7,18H2,1H3,(H,22,30)(H,23,28)(H,24,29)(H,26,27)(H,31,32)(H4,19,20,21). The Morgan fingerprint density at radius 2 is 1.47 bits per heavy atom. The van der Waals surface area contributed by atoms with Gasteiger partial charge in [-0.2, -0.15) is 0 Å². The van der Waals surface area contributed by atoms with Crippen LogP contribution in [0.1, 0.15) is 32.6 Å². The molecular weight excluding hydrogens is 430 g/mol. The molecule has 15 nitrogen and oxygen atoms in total. The summed E-state index contributed by atoms with van der Waals surface area (Å²) in [5.41, 5.74) is 16.1. The predicted octanol–water partition coefficient (Wildman–Crippen LogP) is -4.22. The molecule has 15 heteroatoms. The summed E-state index contributed by atoms with van der Waals surface area (Å²) >= 11 is 0. The molecule has 0 saturated heterocycles. The fourth-order valence-corrected chi connectivity index (χ4v) is 2.31. The van der Waals surface area contributed by atoms with Crippen LogP contribution in [0, 0.1) is 0 Å². The second-order valence-corrected chi connectivity index (χ2v) is 6.86. The molecule has 4 atom stereocenters. The first-order valence-corrected chi connectivity index (χ1v) is 9.66. The van der Waals surface area contributed by atoms with E-state index in [1.807, 2.05) is 0 Å². The molecule has 0 heterocycles. The highest BCUT2D eigenvalue weighted by molar-refractivity contribution is 5.94. The number of amides is 3. The van der Waals surface area contributed by atoms with E-state index < -0.39 is 66.9 Å². The Hall–Kier alpha value is -3.46. The highest BCUT2D eigenvalue weighted by Crippen LogP contribution is 2.03. The molecule has 32 heavy (non-hydrogen) atoms. The number of aliphatic hydroxyl groups excluding tert-OH is 1. The van der Waals surface area contributed by atoms with Crippen molar-refractivity contribution in [2.45, 2.75) is 56.8 Å². The maximum atomic E-state index is 12.5. The van der Waals surface area contributed by atoms with Gasteiger partial charge in [0.15, 0.2) is 5.96 Å². The molecule has 0 radical (unpaired) electrons. The van der Waals surface area contributed by atoms with Crippen LogP contribution in [-0.2, 0) is 24.0 Å². The lowest BCUT2D eigenvalue weighted by molar-refractivity contribution is -0.142. The summed E-state index contributed by atoms with van der Waals surface area (Å²) in [7, 11) is 0. The minimum atomic E-state index is -1.53. The van der Waals surface area contributed by atoms with Crippen LogP contribution in [0.4, 0.5) is 0 Å². The van der Waals surface area contributed by atoms with Crippen molar-refractivity contribution < 1.29 is 39.3 Å². The number of nitrogens with two attached hydrogens (primary N) is 3. The van der Waals surface area contributed by atoms with Crippen molar-refractivity contribution in [3.8, 4) is 0 Å². The van der Waals surface area contributed by atoms with Gasteiger partial charge in [0.1, 0.15) is 18.1 Å². The smallest absolute Gasteiger partial charge is 0.325 e. The Morgan fingerprint density at radius 1 is 0.906 bits per heavy atom. The van der Waals surface area contributed by atoms with Crippen LogP contribution in [0.2, 0.25) is 0 Å². The number of nitrogens with one attached hydrogen (secondary N) is 3. The number of hydrogen-bond acceptors (Lipinski definition) is 8. The largest absolute Gasteiger partial charge is 0.481 e. The molecular formula is C17H31N7O8. The zero-order valence-corrected chi connectivity index (χ0v) is 17.6. The minimum absolute atomic E-state index is 0.117. The monoisotopic (exact) mass is 461 g/mol. The predicted molar refractivity (Wildman–Crippen MR) is 111 cm³/mol. The zero-order chi connectivity index (χ0) is 24.8. The number of aliphatic carboxylic acids is 2. The molecule has 0 saturated carbocycles. The first-order chi connectivity index (χ1) is 14.9. The molecule has 12 N–H and O–H groups in total. The molecule has 0 spiro atoms. The maximum Gasteiger partial charge on any atom is 0.325 e. The number of rotatable bonds is 15. The Labute approximate surface area is 183 Å². The molecule has 0 fully saturated rings. The van der Waals surface area contributed by atoms with Gasteiger partial charge >= 0.3 is 11.9 Å². The van der Waals surface area contributed by atoms with E-state index in [2.05, 4.69) is 20.9 Å². The Bertz CT molecular complexity index is 711. The third-order valence-corrected chi connectivity index (χ3v) is 4.13. The lowest BCUT2D eigenvalue weighted by Crippen LogP contribution is -2.57. The summed E-state index contributed by atoms with van der Waals surface area (Å²) in [6, 6.07) is -5.23. The molecule has 0 aliphatic rings. The average molecular weight is 461 g/mol. The van der Waals surface area contributed by atoms with Crippen LogP contribution in [0.15, 0.2) is 4.99 Å². The fourth-order valence-electron chi connectivity index (χ4n) is 2.31. The lowest BCUT2D eigenvalue weighted by Gasteiger charge is -2.23. The van der Waals surface area contributed by atoms with E-state index in [0.29, 0.717) is 6.42 Å². The number of guanidine groups is 1. The molecule has 0 aliphatic carbocycles. The van der Waals surface area contributed by atoms with Gasteiger partial charge in [0.25, 0.3) is 0 Å². The van der Waals surface area contributed by atoms with E-state index in [9.17, 15) is 29.1 Å². The molecule has 3 amide bonds. The molecule has 0 bridgehead atoms. The van der Waals surface area contributed by atoms with Gasteiger partial charge in [0.2, 0.25) is 17.7 Å². The number of nitrogens with zero attached hydrogens (tertiary/aromatic N) is 1. The number of hydrogen-bond donors (Lipinski definition) is 9. The molecule has 0 aliphatic heterocycles. The third kappa shape index (κ3) is 11.7. The number of carboxylic acids is 2. The second kappa shape index (κ2) is 14.5. The van der Waals surface area contributed by atoms with E-state index in [1.54, 1.807) is 0 Å². The first-order valence-electron chi connectivity index (χ1n) is 9.66. The number of aliphatic imine (C=N–C) groups is 1. The first kappa shape index (κ1) is 28.5. The van der Waals surface area contributed by atoms with Gasteiger partial charge in [-0.05, 0) is 26.2 Å². The Morgan fingerprint density at radius 3 is 1.97 bits per heavy atom. The Kier molecular flexibility index (Phi) is 13.0. The summed E-state index contributed by atoms with van der Waals surface area (Å²) in [5.74, 6) is -5.36. The van der Waals surface area contributed by atoms with E-state index in [4.69, 9.17) is 27.4 Å². The normalized spacial score (nSPS) is 14.2. The summed E-state index contributed by atoms with van der Waals surface area (Å²) < 4.78 is 0. The summed E-state index contributed by atoms with van der Waals surface area (Å²) in [4.78, 5) is 62.4. The topological polar surface area (TPSA) is 273 Å². The molecule has 182 valence electrons. The third-order valence-electron chi connectivity index (χ3n) is 4.13. The number of aliphatic hydroxyl groups is 1. The molecule has 0 aromatic carbocycles. The van der Waals surface area contributed by atoms with Gasteiger partial charge < -0.3 is 48.5 Å². The van der Waals surface area contributed by atoms with Crippen LogP contribution < -0.4 is 33.2 Å². The van der Waals surface area contributed by atoms with Gasteiger partial charge in [-0.25, -0.2) is 0 Å². The number of carbonyl (C=O) groups is 5. The van der Waals surface area contributed by atoms with Gasteiger partial charge in [-0.15, -0.1) is 0 Å². The van der Waals surface area contributed by atoms with E-state index >= 15 is 0 Å². The summed E-state index contributed by atoms with van der Waals surface area (Å²) in [6.45, 7) is 0.545. The SMILES string of the molecule is CC(NC(=O)C(CO)NC(=O)C(CCC(=O)O)NC(=O)C(N)CCCN=C(N)N)C(=O)O. The number of carboxylic acid groups (broad SMARTS) is 2. The summed E-state index contributed by atoms with van der Waals surface area (Å²) in [6.07, 6.45) is -0.263. The van der Waals surface area contributed by atoms with Crippen LogP contribution in [0.3, 0.4) is 0 Å². The fraction of sp³-hybridized carbons (Fsp3) is 0.647. The van der Waals surface area contributed by atoms with Crippen molar-refractivity contribution >= 4 is 35.6 Å².